The minimum absolute atomic E-state index is 0.0875. The second kappa shape index (κ2) is 9.25. The van der Waals surface area contributed by atoms with E-state index >= 15 is 0 Å². The van der Waals surface area contributed by atoms with Crippen LogP contribution in [0.3, 0.4) is 0 Å². The zero-order chi connectivity index (χ0) is 26.4. The summed E-state index contributed by atoms with van der Waals surface area (Å²) in [6.07, 6.45) is 4.30. The summed E-state index contributed by atoms with van der Waals surface area (Å²) in [6, 6.07) is 4.36. The Balaban J connectivity index is 1.61. The van der Waals surface area contributed by atoms with Crippen molar-refractivity contribution in [3.63, 3.8) is 0 Å². The van der Waals surface area contributed by atoms with Crippen molar-refractivity contribution in [1.29, 1.82) is 5.41 Å². The molecule has 12 heteroatoms. The molecule has 2 aromatic rings. The summed E-state index contributed by atoms with van der Waals surface area (Å²) < 4.78 is 2.10. The maximum atomic E-state index is 13.4. The summed E-state index contributed by atoms with van der Waals surface area (Å²) in [6.45, 7) is 1.68. The van der Waals surface area contributed by atoms with Crippen LogP contribution >= 0.6 is 0 Å². The highest BCUT2D eigenvalue weighted by Crippen LogP contribution is 2.39. The van der Waals surface area contributed by atoms with Gasteiger partial charge in [-0.2, -0.15) is 0 Å². The number of amides is 3. The van der Waals surface area contributed by atoms with Crippen molar-refractivity contribution in [1.82, 2.24) is 23.9 Å². The number of carbonyl (C=O) groups excluding carboxylic acids is 2. The van der Waals surface area contributed by atoms with E-state index in [1.165, 1.54) is 11.9 Å². The normalized spacial score (nSPS) is 24.4. The first-order chi connectivity index (χ1) is 17.0. The molecule has 1 aliphatic heterocycles. The minimum atomic E-state index is -0.935. The van der Waals surface area contributed by atoms with Crippen LogP contribution < -0.4 is 17.0 Å². The third-order valence-electron chi connectivity index (χ3n) is 7.61. The van der Waals surface area contributed by atoms with Crippen molar-refractivity contribution in [2.75, 3.05) is 14.1 Å². The molecule has 2 fully saturated rings. The van der Waals surface area contributed by atoms with Gasteiger partial charge in [0.15, 0.2) is 0 Å². The van der Waals surface area contributed by atoms with E-state index in [1.54, 1.807) is 38.4 Å². The number of rotatable bonds is 6. The van der Waals surface area contributed by atoms with E-state index < -0.39 is 40.1 Å². The number of hydrogen-bond acceptors (Lipinski definition) is 7. The van der Waals surface area contributed by atoms with E-state index in [0.29, 0.717) is 37.8 Å². The van der Waals surface area contributed by atoms with Gasteiger partial charge in [0.05, 0.1) is 12.2 Å². The first kappa shape index (κ1) is 25.1. The highest BCUT2D eigenvalue weighted by atomic mass is 16.3. The third-order valence-corrected chi connectivity index (χ3v) is 7.61. The van der Waals surface area contributed by atoms with Gasteiger partial charge in [-0.25, -0.2) is 9.59 Å². The number of nitrogen functional groups attached to an aromatic ring is 1. The molecule has 2 aromatic heterocycles. The number of nitrogens with zero attached hydrogens (tertiary/aromatic N) is 5. The lowest BCUT2D eigenvalue weighted by atomic mass is 9.78. The molecule has 1 saturated carbocycles. The first-order valence-corrected chi connectivity index (χ1v) is 11.9. The first-order valence-electron chi connectivity index (χ1n) is 11.9. The quantitative estimate of drug-likeness (QED) is 0.302. The molecule has 4 N–H and O–H groups in total. The second-order valence-corrected chi connectivity index (χ2v) is 9.84. The van der Waals surface area contributed by atoms with Crippen LogP contribution in [0.1, 0.15) is 56.3 Å². The van der Waals surface area contributed by atoms with Crippen molar-refractivity contribution in [2.24, 2.45) is 11.7 Å². The van der Waals surface area contributed by atoms with Crippen LogP contribution in [-0.4, -0.2) is 66.4 Å². The molecule has 4 rings (SSSR count). The lowest BCUT2D eigenvalue weighted by Gasteiger charge is -2.36. The molecule has 192 valence electrons. The molecule has 0 unspecified atom stereocenters. The Morgan fingerprint density at radius 2 is 1.83 bits per heavy atom. The van der Waals surface area contributed by atoms with Gasteiger partial charge in [-0.15, -0.1) is 0 Å². The monoisotopic (exact) mass is 497 g/mol. The average molecular weight is 498 g/mol. The van der Waals surface area contributed by atoms with Crippen LogP contribution in [0, 0.1) is 11.3 Å². The molecule has 12 nitrogen and oxygen atoms in total. The number of amidine groups is 1. The standard InChI is InChI=1S/C24H31N7O5/c1-24(21(34)28(2)22(35)29(24)3)12-14-7-9-16(10-8-14)31-20(33)17(18(25)26)19(32)30(23(31)36)13-15-6-4-5-11-27-15/h4-6,11,14,16,32H,7-10,12-13H2,1-3H3,(H3,25,26)/t14?,16?,24-/m0/s1. The van der Waals surface area contributed by atoms with Gasteiger partial charge in [0.2, 0.25) is 5.88 Å². The van der Waals surface area contributed by atoms with Gasteiger partial charge >= 0.3 is 11.7 Å². The number of aromatic hydroxyl groups is 1. The van der Waals surface area contributed by atoms with Crippen LogP contribution in [-0.2, 0) is 11.3 Å². The zero-order valence-corrected chi connectivity index (χ0v) is 20.6. The smallest absolute Gasteiger partial charge is 0.334 e. The molecule has 0 radical (unpaired) electrons. The minimum Gasteiger partial charge on any atom is -0.494 e. The van der Waals surface area contributed by atoms with Crippen LogP contribution in [0.4, 0.5) is 4.79 Å². The van der Waals surface area contributed by atoms with Gasteiger partial charge in [0.25, 0.3) is 11.5 Å². The summed E-state index contributed by atoms with van der Waals surface area (Å²) in [5.41, 5.74) is 3.27. The predicted octanol–water partition coefficient (Wildman–Crippen LogP) is 0.847. The van der Waals surface area contributed by atoms with E-state index in [-0.39, 0.29) is 24.4 Å². The van der Waals surface area contributed by atoms with Crippen LogP contribution in [0.2, 0.25) is 0 Å². The van der Waals surface area contributed by atoms with Crippen molar-refractivity contribution >= 4 is 17.8 Å². The molecule has 1 saturated heterocycles. The van der Waals surface area contributed by atoms with Gasteiger partial charge in [0.1, 0.15) is 16.9 Å². The van der Waals surface area contributed by atoms with E-state index in [9.17, 15) is 24.3 Å². The number of nitrogens with two attached hydrogens (primary N) is 1. The molecule has 3 heterocycles. The maximum Gasteiger partial charge on any atom is 0.334 e. The Morgan fingerprint density at radius 3 is 2.36 bits per heavy atom. The molecule has 1 atom stereocenters. The van der Waals surface area contributed by atoms with Gasteiger partial charge in [-0.1, -0.05) is 6.07 Å². The second-order valence-electron chi connectivity index (χ2n) is 9.84. The zero-order valence-electron chi connectivity index (χ0n) is 20.6. The molecule has 0 bridgehead atoms. The molecular formula is C24H31N7O5. The predicted molar refractivity (Wildman–Crippen MR) is 131 cm³/mol. The number of hydrogen-bond donors (Lipinski definition) is 3. The van der Waals surface area contributed by atoms with E-state index in [0.717, 1.165) is 14.0 Å². The van der Waals surface area contributed by atoms with Crippen molar-refractivity contribution in [2.45, 2.75) is 57.2 Å². The molecule has 36 heavy (non-hydrogen) atoms. The maximum absolute atomic E-state index is 13.4. The Morgan fingerprint density at radius 1 is 1.17 bits per heavy atom. The fourth-order valence-electron chi connectivity index (χ4n) is 5.43. The Kier molecular flexibility index (Phi) is 6.46. The van der Waals surface area contributed by atoms with Gasteiger partial charge < -0.3 is 15.7 Å². The summed E-state index contributed by atoms with van der Waals surface area (Å²) in [5, 5.41) is 18.5. The van der Waals surface area contributed by atoms with Gasteiger partial charge in [0, 0.05) is 26.3 Å². The lowest BCUT2D eigenvalue weighted by molar-refractivity contribution is -0.132. The van der Waals surface area contributed by atoms with Gasteiger partial charge in [-0.3, -0.25) is 34.0 Å². The topological polar surface area (TPSA) is 168 Å². The molecule has 0 aromatic carbocycles. The Labute approximate surface area is 207 Å². The van der Waals surface area contributed by atoms with E-state index in [1.807, 2.05) is 0 Å². The third kappa shape index (κ3) is 4.06. The number of imide groups is 1. The number of aromatic nitrogens is 3. The van der Waals surface area contributed by atoms with Crippen molar-refractivity contribution < 1.29 is 14.7 Å². The number of pyridine rings is 1. The summed E-state index contributed by atoms with van der Waals surface area (Å²) in [7, 11) is 3.10. The van der Waals surface area contributed by atoms with Crippen LogP contribution in [0.15, 0.2) is 34.0 Å². The molecule has 0 spiro atoms. The van der Waals surface area contributed by atoms with Crippen molar-refractivity contribution in [3.05, 3.63) is 56.5 Å². The summed E-state index contributed by atoms with van der Waals surface area (Å²) >= 11 is 0. The SMILES string of the molecule is CN1C(=O)N(C)[C@@](C)(CC2CCC(n3c(=O)c(C(=N)N)c(O)n(Cc4ccccn4)c3=O)CC2)C1=O. The van der Waals surface area contributed by atoms with E-state index in [4.69, 9.17) is 11.1 Å². The fraction of sp³-hybridized carbons (Fsp3) is 0.500. The Bertz CT molecular complexity index is 1330. The van der Waals surface area contributed by atoms with Gasteiger partial charge in [-0.05, 0) is 57.1 Å². The average Bonchev–Trinajstić information content (AvgIpc) is 2.98. The Hall–Kier alpha value is -3.96. The fourth-order valence-corrected chi connectivity index (χ4v) is 5.43. The van der Waals surface area contributed by atoms with Crippen LogP contribution in [0.5, 0.6) is 5.88 Å². The van der Waals surface area contributed by atoms with Crippen LogP contribution in [0.25, 0.3) is 0 Å². The summed E-state index contributed by atoms with van der Waals surface area (Å²) in [5.74, 6) is -1.40. The largest absolute Gasteiger partial charge is 0.494 e. The summed E-state index contributed by atoms with van der Waals surface area (Å²) in [4.78, 5) is 58.4. The lowest BCUT2D eigenvalue weighted by Crippen LogP contribution is -2.48. The molecular weight excluding hydrogens is 466 g/mol. The van der Waals surface area contributed by atoms with Crippen molar-refractivity contribution in [3.8, 4) is 5.88 Å². The molecule has 1 aliphatic carbocycles. The molecule has 3 amide bonds. The number of likely N-dealkylation sites (N-methyl/N-ethyl adjacent to an activating group) is 2. The number of carbonyl (C=O) groups is 2. The number of nitrogens with one attached hydrogen (secondary N) is 1. The highest BCUT2D eigenvalue weighted by molar-refractivity contribution is 6.06. The number of urea groups is 1. The highest BCUT2D eigenvalue weighted by Gasteiger charge is 2.51. The van der Waals surface area contributed by atoms with E-state index in [2.05, 4.69) is 4.98 Å². The molecule has 2 aliphatic rings.